The summed E-state index contributed by atoms with van der Waals surface area (Å²) in [6, 6.07) is 8.00. The smallest absolute Gasteiger partial charge is 0.188 e. The second-order valence-corrected chi connectivity index (χ2v) is 5.61. The molecule has 0 radical (unpaired) electrons. The zero-order valence-electron chi connectivity index (χ0n) is 12.4. The maximum absolute atomic E-state index is 5.78. The van der Waals surface area contributed by atoms with Crippen LogP contribution >= 0.6 is 0 Å². The highest BCUT2D eigenvalue weighted by atomic mass is 16.5. The maximum Gasteiger partial charge on any atom is 0.188 e. The van der Waals surface area contributed by atoms with E-state index in [0.717, 1.165) is 17.7 Å². The van der Waals surface area contributed by atoms with Crippen molar-refractivity contribution in [1.29, 1.82) is 0 Å². The molecule has 106 valence electrons. The van der Waals surface area contributed by atoms with Gasteiger partial charge in [0.1, 0.15) is 5.75 Å². The van der Waals surface area contributed by atoms with Crippen molar-refractivity contribution in [2.24, 2.45) is 10.7 Å². The Morgan fingerprint density at radius 2 is 2.00 bits per heavy atom. The number of benzene rings is 1. The minimum atomic E-state index is -0.0504. The Kier molecular flexibility index (Phi) is 5.67. The maximum atomic E-state index is 5.78. The molecular weight excluding hydrogens is 238 g/mol. The first-order valence-corrected chi connectivity index (χ1v) is 6.65. The number of nitrogens with two attached hydrogens (primary N) is 1. The number of hydrogen-bond donors (Lipinski definition) is 2. The predicted octanol–water partition coefficient (Wildman–Crippen LogP) is 2.47. The molecule has 0 aliphatic heterocycles. The zero-order valence-corrected chi connectivity index (χ0v) is 12.4. The average Bonchev–Trinajstić information content (AvgIpc) is 2.28. The summed E-state index contributed by atoms with van der Waals surface area (Å²) in [5, 5.41) is 3.12. The van der Waals surface area contributed by atoms with E-state index in [-0.39, 0.29) is 5.54 Å². The van der Waals surface area contributed by atoms with E-state index in [1.807, 2.05) is 31.2 Å². The van der Waals surface area contributed by atoms with Crippen molar-refractivity contribution in [1.82, 2.24) is 5.32 Å². The van der Waals surface area contributed by atoms with Crippen LogP contribution in [-0.2, 0) is 0 Å². The molecule has 3 N–H and O–H groups in total. The number of para-hydroxylation sites is 1. The second kappa shape index (κ2) is 7.02. The van der Waals surface area contributed by atoms with Crippen molar-refractivity contribution in [2.75, 3.05) is 13.2 Å². The van der Waals surface area contributed by atoms with Gasteiger partial charge in [0.2, 0.25) is 0 Å². The van der Waals surface area contributed by atoms with Gasteiger partial charge >= 0.3 is 0 Å². The molecule has 0 aliphatic carbocycles. The second-order valence-electron chi connectivity index (χ2n) is 5.61. The highest BCUT2D eigenvalue weighted by molar-refractivity contribution is 5.78. The van der Waals surface area contributed by atoms with Crippen molar-refractivity contribution in [2.45, 2.75) is 39.7 Å². The Morgan fingerprint density at radius 3 is 2.63 bits per heavy atom. The summed E-state index contributed by atoms with van der Waals surface area (Å²) in [6.45, 7) is 9.51. The molecule has 1 aromatic carbocycles. The number of hydrogen-bond acceptors (Lipinski definition) is 2. The van der Waals surface area contributed by atoms with Crippen LogP contribution in [0.15, 0.2) is 29.3 Å². The molecule has 0 aromatic heterocycles. The first kappa shape index (κ1) is 15.3. The van der Waals surface area contributed by atoms with Gasteiger partial charge in [-0.05, 0) is 39.3 Å². The van der Waals surface area contributed by atoms with Crippen LogP contribution < -0.4 is 15.8 Å². The lowest BCUT2D eigenvalue weighted by atomic mass is 10.1. The van der Waals surface area contributed by atoms with Gasteiger partial charge < -0.3 is 15.8 Å². The lowest BCUT2D eigenvalue weighted by Crippen LogP contribution is -2.45. The molecule has 1 rings (SSSR count). The highest BCUT2D eigenvalue weighted by Crippen LogP contribution is 2.16. The fourth-order valence-corrected chi connectivity index (χ4v) is 1.59. The average molecular weight is 263 g/mol. The zero-order chi connectivity index (χ0) is 14.3. The molecule has 4 nitrogen and oxygen atoms in total. The predicted molar refractivity (Wildman–Crippen MR) is 80.7 cm³/mol. The number of nitrogens with one attached hydrogen (secondary N) is 1. The fourth-order valence-electron chi connectivity index (χ4n) is 1.59. The van der Waals surface area contributed by atoms with E-state index in [2.05, 4.69) is 31.1 Å². The third-order valence-electron chi connectivity index (χ3n) is 2.44. The minimum Gasteiger partial charge on any atom is -0.493 e. The molecule has 0 heterocycles. The van der Waals surface area contributed by atoms with Gasteiger partial charge in [0.25, 0.3) is 0 Å². The largest absolute Gasteiger partial charge is 0.493 e. The molecular formula is C15H25N3O. The number of guanidine groups is 1. The van der Waals surface area contributed by atoms with Crippen LogP contribution in [0, 0.1) is 6.92 Å². The molecule has 0 atom stereocenters. The molecule has 0 saturated heterocycles. The normalized spacial score (nSPS) is 12.3. The van der Waals surface area contributed by atoms with E-state index in [1.54, 1.807) is 0 Å². The minimum absolute atomic E-state index is 0.0504. The van der Waals surface area contributed by atoms with Crippen LogP contribution in [0.4, 0.5) is 0 Å². The van der Waals surface area contributed by atoms with Crippen LogP contribution in [0.25, 0.3) is 0 Å². The summed E-state index contributed by atoms with van der Waals surface area (Å²) in [5.41, 5.74) is 6.88. The molecule has 0 aliphatic rings. The summed E-state index contributed by atoms with van der Waals surface area (Å²) in [4.78, 5) is 4.27. The van der Waals surface area contributed by atoms with Gasteiger partial charge in [0.15, 0.2) is 5.96 Å². The molecule has 0 saturated carbocycles. The highest BCUT2D eigenvalue weighted by Gasteiger charge is 2.09. The van der Waals surface area contributed by atoms with Crippen molar-refractivity contribution < 1.29 is 4.74 Å². The third kappa shape index (κ3) is 6.70. The Balaban J connectivity index is 2.25. The van der Waals surface area contributed by atoms with Crippen LogP contribution in [0.3, 0.4) is 0 Å². The van der Waals surface area contributed by atoms with Gasteiger partial charge in [-0.15, -0.1) is 0 Å². The number of rotatable bonds is 5. The topological polar surface area (TPSA) is 59.6 Å². The van der Waals surface area contributed by atoms with Crippen LogP contribution in [0.2, 0.25) is 0 Å². The molecule has 0 bridgehead atoms. The molecule has 0 spiro atoms. The van der Waals surface area contributed by atoms with Gasteiger partial charge in [-0.25, -0.2) is 0 Å². The standard InChI is InChI=1S/C15H25N3O/c1-12-8-5-6-9-13(12)19-11-7-10-17-14(16)18-15(2,3)4/h5-6,8-9H,7,10-11H2,1-4H3,(H3,16,17,18). The van der Waals surface area contributed by atoms with Gasteiger partial charge in [-0.3, -0.25) is 4.99 Å². The van der Waals surface area contributed by atoms with Gasteiger partial charge in [-0.2, -0.15) is 0 Å². The van der Waals surface area contributed by atoms with E-state index in [0.29, 0.717) is 19.1 Å². The van der Waals surface area contributed by atoms with Crippen LogP contribution in [0.5, 0.6) is 5.75 Å². The van der Waals surface area contributed by atoms with Crippen molar-refractivity contribution >= 4 is 5.96 Å². The quantitative estimate of drug-likeness (QED) is 0.487. The summed E-state index contributed by atoms with van der Waals surface area (Å²) >= 11 is 0. The van der Waals surface area contributed by atoms with E-state index in [4.69, 9.17) is 10.5 Å². The van der Waals surface area contributed by atoms with Crippen LogP contribution in [-0.4, -0.2) is 24.7 Å². The van der Waals surface area contributed by atoms with Gasteiger partial charge in [0.05, 0.1) is 6.61 Å². The van der Waals surface area contributed by atoms with Crippen LogP contribution in [0.1, 0.15) is 32.8 Å². The lowest BCUT2D eigenvalue weighted by Gasteiger charge is -2.20. The van der Waals surface area contributed by atoms with Gasteiger partial charge in [0, 0.05) is 18.5 Å². The molecule has 0 amide bonds. The fraction of sp³-hybridized carbons (Fsp3) is 0.533. The Morgan fingerprint density at radius 1 is 1.32 bits per heavy atom. The molecule has 0 fully saturated rings. The Bertz CT molecular complexity index is 422. The summed E-state index contributed by atoms with van der Waals surface area (Å²) in [7, 11) is 0. The van der Waals surface area contributed by atoms with E-state index < -0.39 is 0 Å². The lowest BCUT2D eigenvalue weighted by molar-refractivity contribution is 0.311. The van der Waals surface area contributed by atoms with E-state index in [1.165, 1.54) is 0 Å². The van der Waals surface area contributed by atoms with Crippen molar-refractivity contribution in [3.63, 3.8) is 0 Å². The summed E-state index contributed by atoms with van der Waals surface area (Å²) in [6.07, 6.45) is 0.848. The van der Waals surface area contributed by atoms with E-state index in [9.17, 15) is 0 Å². The Hall–Kier alpha value is -1.71. The number of aliphatic imine (C=N–C) groups is 1. The Labute approximate surface area is 116 Å². The molecule has 0 unspecified atom stereocenters. The summed E-state index contributed by atoms with van der Waals surface area (Å²) in [5.74, 6) is 1.43. The third-order valence-corrected chi connectivity index (χ3v) is 2.44. The van der Waals surface area contributed by atoms with Crippen molar-refractivity contribution in [3.05, 3.63) is 29.8 Å². The molecule has 1 aromatic rings. The number of ether oxygens (including phenoxy) is 1. The molecule has 19 heavy (non-hydrogen) atoms. The number of aryl methyl sites for hydroxylation is 1. The first-order chi connectivity index (χ1) is 8.88. The first-order valence-electron chi connectivity index (χ1n) is 6.65. The van der Waals surface area contributed by atoms with E-state index >= 15 is 0 Å². The summed E-state index contributed by atoms with van der Waals surface area (Å²) < 4.78 is 5.69. The molecule has 4 heteroatoms. The SMILES string of the molecule is Cc1ccccc1OCCCN=C(N)NC(C)(C)C. The monoisotopic (exact) mass is 263 g/mol. The number of nitrogens with zero attached hydrogens (tertiary/aromatic N) is 1. The van der Waals surface area contributed by atoms with Gasteiger partial charge in [-0.1, -0.05) is 18.2 Å². The van der Waals surface area contributed by atoms with Crippen molar-refractivity contribution in [3.8, 4) is 5.75 Å².